The van der Waals surface area contributed by atoms with Crippen molar-refractivity contribution in [3.63, 3.8) is 0 Å². The third kappa shape index (κ3) is 5.37. The van der Waals surface area contributed by atoms with Crippen LogP contribution in [0, 0.1) is 0 Å². The highest BCUT2D eigenvalue weighted by atomic mass is 35.5. The minimum Gasteiger partial charge on any atom is -0.460 e. The fourth-order valence-corrected chi connectivity index (χ4v) is 3.11. The van der Waals surface area contributed by atoms with E-state index in [2.05, 4.69) is 5.10 Å². The topological polar surface area (TPSA) is 44.1 Å². The standard InChI is InChI=1S/C19H17ClN2O2S/c20-17-6-2-16(3-7-17)13-25-14-19(23)24-12-15-4-8-18(9-5-15)22-11-1-10-21-22/h1-11H,12-14H2. The summed E-state index contributed by atoms with van der Waals surface area (Å²) in [6.07, 6.45) is 3.62. The van der Waals surface area contributed by atoms with Gasteiger partial charge in [-0.1, -0.05) is 35.9 Å². The summed E-state index contributed by atoms with van der Waals surface area (Å²) in [5.41, 5.74) is 3.06. The lowest BCUT2D eigenvalue weighted by molar-refractivity contribution is -0.141. The van der Waals surface area contributed by atoms with Gasteiger partial charge in [0.05, 0.1) is 11.4 Å². The van der Waals surface area contributed by atoms with Gasteiger partial charge >= 0.3 is 5.97 Å². The summed E-state index contributed by atoms with van der Waals surface area (Å²) in [4.78, 5) is 11.8. The van der Waals surface area contributed by atoms with Crippen LogP contribution in [0.4, 0.5) is 0 Å². The molecule has 0 aliphatic rings. The van der Waals surface area contributed by atoms with Gasteiger partial charge in [0.2, 0.25) is 0 Å². The Labute approximate surface area is 155 Å². The second kappa shape index (κ2) is 8.74. The Morgan fingerprint density at radius 3 is 2.48 bits per heavy atom. The summed E-state index contributed by atoms with van der Waals surface area (Å²) in [6.45, 7) is 0.278. The van der Waals surface area contributed by atoms with Crippen LogP contribution in [0.2, 0.25) is 5.02 Å². The first-order valence-electron chi connectivity index (χ1n) is 7.77. The van der Waals surface area contributed by atoms with E-state index < -0.39 is 0 Å². The molecule has 4 nitrogen and oxygen atoms in total. The Morgan fingerprint density at radius 1 is 1.08 bits per heavy atom. The zero-order chi connectivity index (χ0) is 17.5. The average Bonchev–Trinajstić information content (AvgIpc) is 3.17. The lowest BCUT2D eigenvalue weighted by Gasteiger charge is -2.07. The second-order valence-electron chi connectivity index (χ2n) is 5.40. The van der Waals surface area contributed by atoms with Crippen LogP contribution >= 0.6 is 23.4 Å². The molecular formula is C19H17ClN2O2S. The molecular weight excluding hydrogens is 356 g/mol. The molecule has 128 valence electrons. The van der Waals surface area contributed by atoms with Gasteiger partial charge in [0.15, 0.2) is 0 Å². The number of ether oxygens (including phenoxy) is 1. The number of hydrogen-bond donors (Lipinski definition) is 0. The van der Waals surface area contributed by atoms with Crippen molar-refractivity contribution >= 4 is 29.3 Å². The Hall–Kier alpha value is -2.24. The molecule has 0 unspecified atom stereocenters. The first-order chi connectivity index (χ1) is 12.2. The number of nitrogens with zero attached hydrogens (tertiary/aromatic N) is 2. The molecule has 6 heteroatoms. The third-order valence-electron chi connectivity index (χ3n) is 3.51. The van der Waals surface area contributed by atoms with Crippen molar-refractivity contribution in [3.8, 4) is 5.69 Å². The van der Waals surface area contributed by atoms with E-state index in [0.29, 0.717) is 10.8 Å². The molecule has 0 saturated carbocycles. The number of aromatic nitrogens is 2. The maximum Gasteiger partial charge on any atom is 0.316 e. The average molecular weight is 373 g/mol. The number of thioether (sulfide) groups is 1. The van der Waals surface area contributed by atoms with E-state index in [-0.39, 0.29) is 12.6 Å². The van der Waals surface area contributed by atoms with Crippen molar-refractivity contribution in [2.75, 3.05) is 5.75 Å². The molecule has 1 aromatic heterocycles. The van der Waals surface area contributed by atoms with Crippen LogP contribution in [0.15, 0.2) is 67.0 Å². The van der Waals surface area contributed by atoms with Crippen molar-refractivity contribution in [1.82, 2.24) is 9.78 Å². The molecule has 3 rings (SSSR count). The first kappa shape index (κ1) is 17.6. The van der Waals surface area contributed by atoms with Gasteiger partial charge < -0.3 is 4.74 Å². The third-order valence-corrected chi connectivity index (χ3v) is 4.74. The number of halogens is 1. The van der Waals surface area contributed by atoms with Crippen LogP contribution in [-0.2, 0) is 21.9 Å². The number of benzene rings is 2. The molecule has 0 saturated heterocycles. The Morgan fingerprint density at radius 2 is 1.80 bits per heavy atom. The maximum atomic E-state index is 11.8. The van der Waals surface area contributed by atoms with E-state index in [0.717, 1.165) is 22.6 Å². The largest absolute Gasteiger partial charge is 0.460 e. The highest BCUT2D eigenvalue weighted by Crippen LogP contribution is 2.16. The van der Waals surface area contributed by atoms with Crippen LogP contribution in [0.1, 0.15) is 11.1 Å². The minimum atomic E-state index is -0.213. The summed E-state index contributed by atoms with van der Waals surface area (Å²) in [6, 6.07) is 17.3. The summed E-state index contributed by atoms with van der Waals surface area (Å²) >= 11 is 7.38. The van der Waals surface area contributed by atoms with Crippen LogP contribution in [0.3, 0.4) is 0 Å². The fraction of sp³-hybridized carbons (Fsp3) is 0.158. The molecule has 0 radical (unpaired) electrons. The number of carbonyl (C=O) groups is 1. The maximum absolute atomic E-state index is 11.8. The highest BCUT2D eigenvalue weighted by Gasteiger charge is 2.05. The van der Waals surface area contributed by atoms with Gasteiger partial charge in [0.25, 0.3) is 0 Å². The SMILES string of the molecule is O=C(CSCc1ccc(Cl)cc1)OCc1ccc(-n2cccn2)cc1. The van der Waals surface area contributed by atoms with E-state index >= 15 is 0 Å². The fourth-order valence-electron chi connectivity index (χ4n) is 2.20. The molecule has 0 spiro atoms. The molecule has 2 aromatic carbocycles. The normalized spacial score (nSPS) is 10.6. The van der Waals surface area contributed by atoms with Crippen LogP contribution in [-0.4, -0.2) is 21.5 Å². The quantitative estimate of drug-likeness (QED) is 0.573. The molecule has 25 heavy (non-hydrogen) atoms. The number of esters is 1. The Bertz CT molecular complexity index is 802. The summed E-state index contributed by atoms with van der Waals surface area (Å²) in [5, 5.41) is 4.89. The molecule has 1 heterocycles. The van der Waals surface area contributed by atoms with E-state index in [1.807, 2.05) is 60.8 Å². The highest BCUT2D eigenvalue weighted by molar-refractivity contribution is 7.99. The summed E-state index contributed by atoms with van der Waals surface area (Å²) < 4.78 is 7.09. The molecule has 0 amide bonds. The zero-order valence-electron chi connectivity index (χ0n) is 13.5. The van der Waals surface area contributed by atoms with E-state index in [4.69, 9.17) is 16.3 Å². The first-order valence-corrected chi connectivity index (χ1v) is 9.31. The number of hydrogen-bond acceptors (Lipinski definition) is 4. The lowest BCUT2D eigenvalue weighted by Crippen LogP contribution is -2.07. The van der Waals surface area contributed by atoms with Crippen LogP contribution < -0.4 is 0 Å². The monoisotopic (exact) mass is 372 g/mol. The van der Waals surface area contributed by atoms with Crippen molar-refractivity contribution in [2.45, 2.75) is 12.4 Å². The van der Waals surface area contributed by atoms with Crippen LogP contribution in [0.5, 0.6) is 0 Å². The number of rotatable bonds is 7. The Kier molecular flexibility index (Phi) is 6.14. The molecule has 0 fully saturated rings. The Balaban J connectivity index is 1.40. The van der Waals surface area contributed by atoms with Gasteiger partial charge in [-0.05, 0) is 41.5 Å². The van der Waals surface area contributed by atoms with E-state index in [9.17, 15) is 4.79 Å². The molecule has 0 aliphatic heterocycles. The van der Waals surface area contributed by atoms with Gasteiger partial charge in [-0.15, -0.1) is 11.8 Å². The molecule has 3 aromatic rings. The van der Waals surface area contributed by atoms with Gasteiger partial charge in [-0.3, -0.25) is 4.79 Å². The van der Waals surface area contributed by atoms with E-state index in [1.54, 1.807) is 10.9 Å². The van der Waals surface area contributed by atoms with Gasteiger partial charge in [-0.2, -0.15) is 5.10 Å². The van der Waals surface area contributed by atoms with Crippen molar-refractivity contribution in [1.29, 1.82) is 0 Å². The minimum absolute atomic E-state index is 0.213. The zero-order valence-corrected chi connectivity index (χ0v) is 15.0. The van der Waals surface area contributed by atoms with Crippen LogP contribution in [0.25, 0.3) is 5.69 Å². The molecule has 0 N–H and O–H groups in total. The lowest BCUT2D eigenvalue weighted by atomic mass is 10.2. The summed E-state index contributed by atoms with van der Waals surface area (Å²) in [7, 11) is 0. The predicted molar refractivity (Wildman–Crippen MR) is 101 cm³/mol. The van der Waals surface area contributed by atoms with Crippen molar-refractivity contribution in [3.05, 3.63) is 83.1 Å². The van der Waals surface area contributed by atoms with E-state index in [1.165, 1.54) is 11.8 Å². The number of carbonyl (C=O) groups excluding carboxylic acids is 1. The second-order valence-corrected chi connectivity index (χ2v) is 6.82. The summed E-state index contributed by atoms with van der Waals surface area (Å²) in [5.74, 6) is 0.869. The van der Waals surface area contributed by atoms with Crippen molar-refractivity contribution < 1.29 is 9.53 Å². The predicted octanol–water partition coefficient (Wildman–Crippen LogP) is 4.50. The molecule has 0 aliphatic carbocycles. The van der Waals surface area contributed by atoms with Gasteiger partial charge in [-0.25, -0.2) is 4.68 Å². The molecule has 0 atom stereocenters. The molecule has 0 bridgehead atoms. The van der Waals surface area contributed by atoms with Crippen molar-refractivity contribution in [2.24, 2.45) is 0 Å². The smallest absolute Gasteiger partial charge is 0.316 e. The van der Waals surface area contributed by atoms with Gasteiger partial charge in [0, 0.05) is 23.2 Å². The van der Waals surface area contributed by atoms with Gasteiger partial charge in [0.1, 0.15) is 6.61 Å².